The Morgan fingerprint density at radius 1 is 1.22 bits per heavy atom. The lowest BCUT2D eigenvalue weighted by molar-refractivity contribution is -0.137. The van der Waals surface area contributed by atoms with E-state index in [2.05, 4.69) is 10.6 Å². The van der Waals surface area contributed by atoms with Crippen LogP contribution >= 0.6 is 11.6 Å². The molecule has 0 heterocycles. The van der Waals surface area contributed by atoms with Gasteiger partial charge < -0.3 is 15.7 Å². The van der Waals surface area contributed by atoms with Gasteiger partial charge in [-0.05, 0) is 49.3 Å². The van der Waals surface area contributed by atoms with E-state index in [1.807, 2.05) is 19.9 Å². The van der Waals surface area contributed by atoms with E-state index in [0.29, 0.717) is 30.0 Å². The Bertz CT molecular complexity index is 612. The highest BCUT2D eigenvalue weighted by Gasteiger charge is 2.35. The number of carbonyl (C=O) groups is 2. The van der Waals surface area contributed by atoms with Gasteiger partial charge in [0.2, 0.25) is 0 Å². The van der Waals surface area contributed by atoms with E-state index < -0.39 is 17.4 Å². The molecule has 3 N–H and O–H groups in total. The molecule has 0 saturated heterocycles. The van der Waals surface area contributed by atoms with Crippen LogP contribution in [0.5, 0.6) is 0 Å². The van der Waals surface area contributed by atoms with Crippen LogP contribution in [0.25, 0.3) is 0 Å². The molecule has 0 aliphatic heterocycles. The molecule has 1 aromatic carbocycles. The Labute approximate surface area is 141 Å². The molecule has 1 aliphatic carbocycles. The first kappa shape index (κ1) is 17.8. The molecule has 0 aromatic heterocycles. The summed E-state index contributed by atoms with van der Waals surface area (Å²) < 4.78 is 0. The molecule has 126 valence electrons. The summed E-state index contributed by atoms with van der Waals surface area (Å²) in [5.41, 5.74) is 1.52. The number of hydrogen-bond donors (Lipinski definition) is 3. The van der Waals surface area contributed by atoms with E-state index in [1.165, 1.54) is 0 Å². The van der Waals surface area contributed by atoms with Crippen molar-refractivity contribution in [2.45, 2.75) is 51.6 Å². The van der Waals surface area contributed by atoms with Crippen molar-refractivity contribution in [2.75, 3.05) is 11.9 Å². The van der Waals surface area contributed by atoms with Gasteiger partial charge in [0, 0.05) is 17.3 Å². The average Bonchev–Trinajstić information content (AvgIpc) is 2.51. The van der Waals surface area contributed by atoms with Crippen molar-refractivity contribution < 1.29 is 14.7 Å². The predicted molar refractivity (Wildman–Crippen MR) is 90.6 cm³/mol. The first-order valence-corrected chi connectivity index (χ1v) is 8.40. The van der Waals surface area contributed by atoms with Crippen LogP contribution in [0.1, 0.15) is 44.2 Å². The van der Waals surface area contributed by atoms with E-state index in [-0.39, 0.29) is 6.54 Å². The molecule has 0 spiro atoms. The van der Waals surface area contributed by atoms with Gasteiger partial charge in [0.15, 0.2) is 0 Å². The van der Waals surface area contributed by atoms with Gasteiger partial charge in [0.05, 0.1) is 5.60 Å². The molecular formula is C17H23ClN2O3. The molecule has 5 nitrogen and oxygen atoms in total. The summed E-state index contributed by atoms with van der Waals surface area (Å²) >= 11 is 6.18. The molecule has 6 heteroatoms. The van der Waals surface area contributed by atoms with Crippen molar-refractivity contribution in [2.24, 2.45) is 0 Å². The van der Waals surface area contributed by atoms with Gasteiger partial charge in [-0.1, -0.05) is 31.5 Å². The van der Waals surface area contributed by atoms with Crippen LogP contribution in [0.3, 0.4) is 0 Å². The van der Waals surface area contributed by atoms with Crippen molar-refractivity contribution in [1.29, 1.82) is 0 Å². The predicted octanol–water partition coefficient (Wildman–Crippen LogP) is 2.43. The maximum Gasteiger partial charge on any atom is 0.313 e. The number of amides is 2. The van der Waals surface area contributed by atoms with Crippen molar-refractivity contribution in [3.63, 3.8) is 0 Å². The van der Waals surface area contributed by atoms with E-state index >= 15 is 0 Å². The zero-order chi connectivity index (χ0) is 17.0. The van der Waals surface area contributed by atoms with Gasteiger partial charge >= 0.3 is 11.8 Å². The summed E-state index contributed by atoms with van der Waals surface area (Å²) in [6.07, 6.45) is 3.64. The normalized spacial score (nSPS) is 15.7. The number of carbonyl (C=O) groups excluding carboxylic acids is 2. The molecule has 2 rings (SSSR count). The molecule has 0 atom stereocenters. The minimum absolute atomic E-state index is 0.107. The number of hydrogen-bond acceptors (Lipinski definition) is 3. The molecular weight excluding hydrogens is 316 g/mol. The summed E-state index contributed by atoms with van der Waals surface area (Å²) in [6, 6.07) is 3.66. The Kier molecular flexibility index (Phi) is 5.65. The Balaban J connectivity index is 2.07. The van der Waals surface area contributed by atoms with Crippen LogP contribution in [0.4, 0.5) is 5.69 Å². The number of nitrogens with one attached hydrogen (secondary N) is 2. The number of aliphatic hydroxyl groups is 1. The minimum atomic E-state index is -0.852. The second kappa shape index (κ2) is 7.32. The Morgan fingerprint density at radius 3 is 2.43 bits per heavy atom. The first-order valence-electron chi connectivity index (χ1n) is 8.02. The number of aryl methyl sites for hydroxylation is 1. The zero-order valence-corrected chi connectivity index (χ0v) is 14.3. The Hall–Kier alpha value is -1.59. The number of anilines is 1. The second-order valence-electron chi connectivity index (χ2n) is 5.98. The van der Waals surface area contributed by atoms with E-state index in [4.69, 9.17) is 11.6 Å². The fourth-order valence-electron chi connectivity index (χ4n) is 2.72. The molecule has 1 aromatic rings. The van der Waals surface area contributed by atoms with E-state index in [0.717, 1.165) is 24.0 Å². The minimum Gasteiger partial charge on any atom is -0.388 e. The van der Waals surface area contributed by atoms with Gasteiger partial charge in [-0.3, -0.25) is 9.59 Å². The molecule has 23 heavy (non-hydrogen) atoms. The molecule has 2 amide bonds. The SMILES string of the molecule is CCc1ccc(Cl)c(CC)c1NC(=O)C(=O)NCC1(O)CCC1. The third-order valence-electron chi connectivity index (χ3n) is 4.38. The summed E-state index contributed by atoms with van der Waals surface area (Å²) in [4.78, 5) is 24.1. The average molecular weight is 339 g/mol. The molecule has 0 bridgehead atoms. The summed E-state index contributed by atoms with van der Waals surface area (Å²) in [7, 11) is 0. The van der Waals surface area contributed by atoms with Crippen molar-refractivity contribution in [3.8, 4) is 0 Å². The summed E-state index contributed by atoms with van der Waals surface area (Å²) in [5.74, 6) is -1.48. The van der Waals surface area contributed by atoms with Crippen LogP contribution in [-0.2, 0) is 22.4 Å². The highest BCUT2D eigenvalue weighted by atomic mass is 35.5. The monoisotopic (exact) mass is 338 g/mol. The van der Waals surface area contributed by atoms with Gasteiger partial charge in [-0.15, -0.1) is 0 Å². The summed E-state index contributed by atoms with van der Waals surface area (Å²) in [5, 5.41) is 15.7. The van der Waals surface area contributed by atoms with Gasteiger partial charge in [-0.25, -0.2) is 0 Å². The lowest BCUT2D eigenvalue weighted by atomic mass is 9.80. The van der Waals surface area contributed by atoms with Crippen molar-refractivity contribution in [1.82, 2.24) is 5.32 Å². The van der Waals surface area contributed by atoms with Crippen LogP contribution in [0.2, 0.25) is 5.02 Å². The summed E-state index contributed by atoms with van der Waals surface area (Å²) in [6.45, 7) is 4.03. The fourth-order valence-corrected chi connectivity index (χ4v) is 3.02. The fraction of sp³-hybridized carbons (Fsp3) is 0.529. The lowest BCUT2D eigenvalue weighted by Crippen LogP contribution is -2.50. The topological polar surface area (TPSA) is 78.4 Å². The quantitative estimate of drug-likeness (QED) is 0.721. The highest BCUT2D eigenvalue weighted by molar-refractivity contribution is 6.40. The number of halogens is 1. The van der Waals surface area contributed by atoms with Crippen LogP contribution in [0.15, 0.2) is 12.1 Å². The van der Waals surface area contributed by atoms with Crippen LogP contribution in [0, 0.1) is 0 Å². The largest absolute Gasteiger partial charge is 0.388 e. The number of benzene rings is 1. The Morgan fingerprint density at radius 2 is 1.91 bits per heavy atom. The maximum atomic E-state index is 12.1. The standard InChI is InChI=1S/C17H23ClN2O3/c1-3-11-6-7-13(18)12(4-2)14(11)20-16(22)15(21)19-10-17(23)8-5-9-17/h6-7,23H,3-5,8-10H2,1-2H3,(H,19,21)(H,20,22). The van der Waals surface area contributed by atoms with Gasteiger partial charge in [-0.2, -0.15) is 0 Å². The molecule has 1 fully saturated rings. The van der Waals surface area contributed by atoms with E-state index in [9.17, 15) is 14.7 Å². The third-order valence-corrected chi connectivity index (χ3v) is 4.74. The first-order chi connectivity index (χ1) is 10.9. The molecule has 1 saturated carbocycles. The van der Waals surface area contributed by atoms with Gasteiger partial charge in [0.25, 0.3) is 0 Å². The van der Waals surface area contributed by atoms with Crippen molar-refractivity contribution in [3.05, 3.63) is 28.3 Å². The molecule has 1 aliphatic rings. The maximum absolute atomic E-state index is 12.1. The lowest BCUT2D eigenvalue weighted by Gasteiger charge is -2.36. The highest BCUT2D eigenvalue weighted by Crippen LogP contribution is 2.31. The van der Waals surface area contributed by atoms with Gasteiger partial charge in [0.1, 0.15) is 0 Å². The van der Waals surface area contributed by atoms with Crippen LogP contribution < -0.4 is 10.6 Å². The molecule has 0 radical (unpaired) electrons. The van der Waals surface area contributed by atoms with E-state index in [1.54, 1.807) is 6.07 Å². The zero-order valence-electron chi connectivity index (χ0n) is 13.5. The van der Waals surface area contributed by atoms with Crippen molar-refractivity contribution >= 4 is 29.1 Å². The van der Waals surface area contributed by atoms with Crippen LogP contribution in [-0.4, -0.2) is 29.1 Å². The number of rotatable bonds is 5. The molecule has 0 unspecified atom stereocenters. The third kappa shape index (κ3) is 4.03. The second-order valence-corrected chi connectivity index (χ2v) is 6.39. The smallest absolute Gasteiger partial charge is 0.313 e.